The second kappa shape index (κ2) is 5.55. The molecule has 1 aromatic carbocycles. The maximum Gasteiger partial charge on any atom is 0.343 e. The summed E-state index contributed by atoms with van der Waals surface area (Å²) in [4.78, 5) is 12.6. The molecule has 2 aliphatic rings. The summed E-state index contributed by atoms with van der Waals surface area (Å²) in [7, 11) is 0. The van der Waals surface area contributed by atoms with E-state index in [4.69, 9.17) is 4.74 Å². The second-order valence-corrected chi connectivity index (χ2v) is 6.90. The van der Waals surface area contributed by atoms with Gasteiger partial charge in [0.25, 0.3) is 0 Å². The molecule has 0 amide bonds. The van der Waals surface area contributed by atoms with Crippen molar-refractivity contribution < 1.29 is 14.6 Å². The van der Waals surface area contributed by atoms with Crippen LogP contribution in [0.3, 0.4) is 0 Å². The second-order valence-electron chi connectivity index (χ2n) is 6.90. The first kappa shape index (κ1) is 15.9. The Kier molecular flexibility index (Phi) is 3.83. The lowest BCUT2D eigenvalue weighted by atomic mass is 9.83. The number of cyclic esters (lactones) is 1. The van der Waals surface area contributed by atoms with E-state index >= 15 is 0 Å². The minimum absolute atomic E-state index is 0.0608. The Morgan fingerprint density at radius 2 is 1.78 bits per heavy atom. The summed E-state index contributed by atoms with van der Waals surface area (Å²) in [5.74, 6) is -0.364. The molecule has 1 N–H and O–H groups in total. The van der Waals surface area contributed by atoms with E-state index in [0.717, 1.165) is 53.5 Å². The van der Waals surface area contributed by atoms with Crippen molar-refractivity contribution in [3.8, 4) is 0 Å². The lowest BCUT2D eigenvalue weighted by molar-refractivity contribution is -0.142. The van der Waals surface area contributed by atoms with Gasteiger partial charge in [-0.2, -0.15) is 0 Å². The standard InChI is InChI=1S/C20H24O3/c1-12-10-13(2)16(14(3)11-12)17-18(21)20(4,23-19(17)22)15-8-6-5-7-9-15/h8,10-11,21H,5-7,9H2,1-4H3. The van der Waals surface area contributed by atoms with Gasteiger partial charge in [0.1, 0.15) is 5.57 Å². The highest BCUT2D eigenvalue weighted by Crippen LogP contribution is 2.44. The third-order valence-corrected chi connectivity index (χ3v) is 5.02. The molecule has 0 saturated heterocycles. The van der Waals surface area contributed by atoms with Gasteiger partial charge < -0.3 is 9.84 Å². The molecule has 23 heavy (non-hydrogen) atoms. The van der Waals surface area contributed by atoms with Crippen LogP contribution >= 0.6 is 0 Å². The van der Waals surface area contributed by atoms with Gasteiger partial charge in [0.15, 0.2) is 11.4 Å². The number of carbonyl (C=O) groups is 1. The van der Waals surface area contributed by atoms with E-state index in [2.05, 4.69) is 6.08 Å². The van der Waals surface area contributed by atoms with Gasteiger partial charge in [0, 0.05) is 0 Å². The number of benzene rings is 1. The van der Waals surface area contributed by atoms with Gasteiger partial charge in [0.2, 0.25) is 0 Å². The van der Waals surface area contributed by atoms with Crippen LogP contribution in [0.4, 0.5) is 0 Å². The minimum atomic E-state index is -1.00. The number of ether oxygens (including phenoxy) is 1. The van der Waals surface area contributed by atoms with Crippen LogP contribution in [-0.2, 0) is 9.53 Å². The SMILES string of the molecule is Cc1cc(C)c(C2=C(O)C(C)(C3=CCCCC3)OC2=O)c(C)c1. The lowest BCUT2D eigenvalue weighted by Crippen LogP contribution is -2.31. The van der Waals surface area contributed by atoms with E-state index in [1.807, 2.05) is 39.8 Å². The molecule has 3 heteroatoms. The number of aryl methyl sites for hydroxylation is 3. The van der Waals surface area contributed by atoms with Crippen molar-refractivity contribution in [3.63, 3.8) is 0 Å². The number of aliphatic hydroxyl groups is 1. The molecule has 0 radical (unpaired) electrons. The first-order valence-corrected chi connectivity index (χ1v) is 8.29. The topological polar surface area (TPSA) is 46.5 Å². The van der Waals surface area contributed by atoms with Crippen molar-refractivity contribution >= 4 is 11.5 Å². The van der Waals surface area contributed by atoms with Crippen LogP contribution in [0, 0.1) is 20.8 Å². The Balaban J connectivity index is 2.16. The first-order valence-electron chi connectivity index (χ1n) is 8.29. The molecule has 3 nitrogen and oxygen atoms in total. The van der Waals surface area contributed by atoms with Gasteiger partial charge in [-0.15, -0.1) is 0 Å². The van der Waals surface area contributed by atoms with E-state index in [9.17, 15) is 9.90 Å². The van der Waals surface area contributed by atoms with Crippen LogP contribution in [0.15, 0.2) is 29.5 Å². The van der Waals surface area contributed by atoms with Crippen LogP contribution in [0.25, 0.3) is 5.57 Å². The summed E-state index contributed by atoms with van der Waals surface area (Å²) < 4.78 is 5.68. The zero-order chi connectivity index (χ0) is 16.8. The van der Waals surface area contributed by atoms with Gasteiger partial charge in [0.05, 0.1) is 0 Å². The number of hydrogen-bond acceptors (Lipinski definition) is 3. The average molecular weight is 312 g/mol. The molecule has 0 aromatic heterocycles. The third kappa shape index (κ3) is 2.48. The predicted octanol–water partition coefficient (Wildman–Crippen LogP) is 4.70. The van der Waals surface area contributed by atoms with Gasteiger partial charge >= 0.3 is 5.97 Å². The minimum Gasteiger partial charge on any atom is -0.507 e. The molecule has 1 heterocycles. The highest BCUT2D eigenvalue weighted by atomic mass is 16.6. The molecule has 0 fully saturated rings. The molecule has 0 spiro atoms. The molecule has 122 valence electrons. The maximum atomic E-state index is 12.6. The molecular weight excluding hydrogens is 288 g/mol. The van der Waals surface area contributed by atoms with Crippen molar-refractivity contribution in [2.75, 3.05) is 0 Å². The van der Waals surface area contributed by atoms with E-state index < -0.39 is 11.6 Å². The van der Waals surface area contributed by atoms with E-state index in [1.54, 1.807) is 0 Å². The number of allylic oxidation sites excluding steroid dienone is 1. The van der Waals surface area contributed by atoms with Gasteiger partial charge in [-0.3, -0.25) is 0 Å². The third-order valence-electron chi connectivity index (χ3n) is 5.02. The number of aliphatic hydroxyl groups excluding tert-OH is 1. The number of carbonyl (C=O) groups excluding carboxylic acids is 1. The first-order chi connectivity index (χ1) is 10.8. The van der Waals surface area contributed by atoms with E-state index in [0.29, 0.717) is 5.57 Å². The summed E-state index contributed by atoms with van der Waals surface area (Å²) >= 11 is 0. The Morgan fingerprint density at radius 1 is 1.13 bits per heavy atom. The van der Waals surface area contributed by atoms with Crippen LogP contribution in [-0.4, -0.2) is 16.7 Å². The summed E-state index contributed by atoms with van der Waals surface area (Å²) in [6, 6.07) is 4.07. The van der Waals surface area contributed by atoms with Gasteiger partial charge in [-0.1, -0.05) is 23.8 Å². The fourth-order valence-corrected chi connectivity index (χ4v) is 3.90. The van der Waals surface area contributed by atoms with Crippen LogP contribution in [0.5, 0.6) is 0 Å². The van der Waals surface area contributed by atoms with Crippen LogP contribution in [0.1, 0.15) is 54.9 Å². The molecule has 1 unspecified atom stereocenters. The Bertz CT molecular complexity index is 716. The summed E-state index contributed by atoms with van der Waals surface area (Å²) in [6.45, 7) is 7.78. The molecular formula is C20H24O3. The van der Waals surface area contributed by atoms with Crippen LogP contribution in [0.2, 0.25) is 0 Å². The summed E-state index contributed by atoms with van der Waals surface area (Å²) in [5.41, 5.74) is 4.27. The molecule has 1 aliphatic heterocycles. The zero-order valence-corrected chi connectivity index (χ0v) is 14.3. The van der Waals surface area contributed by atoms with Crippen molar-refractivity contribution in [3.05, 3.63) is 51.8 Å². The Labute approximate surface area is 137 Å². The van der Waals surface area contributed by atoms with E-state index in [1.165, 1.54) is 0 Å². The monoisotopic (exact) mass is 312 g/mol. The normalized spacial score (nSPS) is 24.7. The number of hydrogen-bond donors (Lipinski definition) is 1. The van der Waals surface area contributed by atoms with Crippen LogP contribution < -0.4 is 0 Å². The van der Waals surface area contributed by atoms with Crippen molar-refractivity contribution in [2.45, 2.75) is 59.0 Å². The summed E-state index contributed by atoms with van der Waals surface area (Å²) in [5, 5.41) is 10.9. The molecule has 0 saturated carbocycles. The summed E-state index contributed by atoms with van der Waals surface area (Å²) in [6.07, 6.45) is 6.19. The fraction of sp³-hybridized carbons (Fsp3) is 0.450. The van der Waals surface area contributed by atoms with E-state index in [-0.39, 0.29) is 5.76 Å². The average Bonchev–Trinajstić information content (AvgIpc) is 2.72. The smallest absolute Gasteiger partial charge is 0.343 e. The predicted molar refractivity (Wildman–Crippen MR) is 91.2 cm³/mol. The molecule has 1 aliphatic carbocycles. The Hall–Kier alpha value is -2.03. The largest absolute Gasteiger partial charge is 0.507 e. The Morgan fingerprint density at radius 3 is 2.35 bits per heavy atom. The highest BCUT2D eigenvalue weighted by Gasteiger charge is 2.48. The van der Waals surface area contributed by atoms with Crippen molar-refractivity contribution in [1.29, 1.82) is 0 Å². The lowest BCUT2D eigenvalue weighted by Gasteiger charge is -2.28. The molecule has 0 bridgehead atoms. The van der Waals surface area contributed by atoms with Gasteiger partial charge in [-0.05, 0) is 75.6 Å². The van der Waals surface area contributed by atoms with Gasteiger partial charge in [-0.25, -0.2) is 4.79 Å². The highest BCUT2D eigenvalue weighted by molar-refractivity contribution is 6.20. The van der Waals surface area contributed by atoms with Crippen molar-refractivity contribution in [2.24, 2.45) is 0 Å². The molecule has 3 rings (SSSR count). The zero-order valence-electron chi connectivity index (χ0n) is 14.3. The number of esters is 1. The molecule has 1 atom stereocenters. The maximum absolute atomic E-state index is 12.6. The fourth-order valence-electron chi connectivity index (χ4n) is 3.90. The quantitative estimate of drug-likeness (QED) is 0.636. The van der Waals surface area contributed by atoms with Crippen molar-refractivity contribution in [1.82, 2.24) is 0 Å². The molecule has 1 aromatic rings. The number of rotatable bonds is 2.